The summed E-state index contributed by atoms with van der Waals surface area (Å²) in [6.45, 7) is 2.82. The molecule has 16 heavy (non-hydrogen) atoms. The average Bonchev–Trinajstić information content (AvgIpc) is 2.81. The third-order valence-corrected chi connectivity index (χ3v) is 3.62. The Morgan fingerprint density at radius 2 is 2.06 bits per heavy atom. The Morgan fingerprint density at radius 1 is 1.25 bits per heavy atom. The minimum atomic E-state index is 0.319. The minimum Gasteiger partial charge on any atom is -0.508 e. The number of benzene rings is 1. The Labute approximate surface area is 99.6 Å². The van der Waals surface area contributed by atoms with Crippen LogP contribution in [0.2, 0.25) is 0 Å². The molecule has 0 fully saturated rings. The second-order valence-electron chi connectivity index (χ2n) is 3.75. The molecule has 2 rings (SSSR count). The van der Waals surface area contributed by atoms with Gasteiger partial charge in [0.2, 0.25) is 0 Å². The van der Waals surface area contributed by atoms with E-state index in [4.69, 9.17) is 0 Å². The lowest BCUT2D eigenvalue weighted by atomic mass is 10.2. The second-order valence-corrected chi connectivity index (χ2v) is 4.73. The maximum atomic E-state index is 9.62. The van der Waals surface area contributed by atoms with Gasteiger partial charge in [0, 0.05) is 23.0 Å². The van der Waals surface area contributed by atoms with Crippen LogP contribution in [-0.4, -0.2) is 5.11 Å². The van der Waals surface area contributed by atoms with Crippen LogP contribution in [0.25, 0.3) is 0 Å². The van der Waals surface area contributed by atoms with Crippen molar-refractivity contribution >= 4 is 11.3 Å². The molecule has 0 spiro atoms. The summed E-state index contributed by atoms with van der Waals surface area (Å²) in [6.07, 6.45) is 0. The van der Waals surface area contributed by atoms with E-state index < -0.39 is 0 Å². The molecule has 2 nitrogen and oxygen atoms in total. The molecular weight excluding hydrogens is 218 g/mol. The maximum absolute atomic E-state index is 9.62. The van der Waals surface area contributed by atoms with Gasteiger partial charge in [-0.25, -0.2) is 0 Å². The molecule has 1 atom stereocenters. The van der Waals surface area contributed by atoms with Gasteiger partial charge in [-0.3, -0.25) is 0 Å². The molecule has 2 N–H and O–H groups in total. The standard InChI is InChI=1S/C13H15NOS/c1-10(13-7-4-8-16-13)14-9-11-5-2-3-6-12(11)15/h2-8,10,14-15H,9H2,1H3/t10-/m1/s1. The third-order valence-electron chi connectivity index (χ3n) is 2.56. The van der Waals surface area contributed by atoms with Crippen molar-refractivity contribution < 1.29 is 5.11 Å². The second kappa shape index (κ2) is 5.14. The van der Waals surface area contributed by atoms with Gasteiger partial charge in [0.05, 0.1) is 0 Å². The number of phenolic OH excluding ortho intramolecular Hbond substituents is 1. The summed E-state index contributed by atoms with van der Waals surface area (Å²) in [5, 5.41) is 15.1. The summed E-state index contributed by atoms with van der Waals surface area (Å²) in [5.41, 5.74) is 0.936. The van der Waals surface area contributed by atoms with Gasteiger partial charge in [-0.15, -0.1) is 11.3 Å². The number of rotatable bonds is 4. The Hall–Kier alpha value is -1.32. The number of aromatic hydroxyl groups is 1. The monoisotopic (exact) mass is 233 g/mol. The first kappa shape index (κ1) is 11.2. The maximum Gasteiger partial charge on any atom is 0.120 e. The van der Waals surface area contributed by atoms with Crippen molar-refractivity contribution in [2.24, 2.45) is 0 Å². The predicted molar refractivity (Wildman–Crippen MR) is 67.7 cm³/mol. The number of para-hydroxylation sites is 1. The zero-order valence-electron chi connectivity index (χ0n) is 9.18. The highest BCUT2D eigenvalue weighted by molar-refractivity contribution is 7.10. The molecule has 0 unspecified atom stereocenters. The van der Waals surface area contributed by atoms with E-state index in [-0.39, 0.29) is 0 Å². The highest BCUT2D eigenvalue weighted by atomic mass is 32.1. The zero-order chi connectivity index (χ0) is 11.4. The van der Waals surface area contributed by atoms with E-state index in [1.54, 1.807) is 17.4 Å². The number of hydrogen-bond acceptors (Lipinski definition) is 3. The number of nitrogens with one attached hydrogen (secondary N) is 1. The van der Waals surface area contributed by atoms with Crippen LogP contribution >= 0.6 is 11.3 Å². The normalized spacial score (nSPS) is 12.6. The van der Waals surface area contributed by atoms with Crippen LogP contribution in [0.1, 0.15) is 23.4 Å². The lowest BCUT2D eigenvalue weighted by molar-refractivity contribution is 0.461. The van der Waals surface area contributed by atoms with Gasteiger partial charge >= 0.3 is 0 Å². The molecule has 0 aliphatic carbocycles. The lowest BCUT2D eigenvalue weighted by Gasteiger charge is -2.12. The van der Waals surface area contributed by atoms with Crippen LogP contribution in [0.15, 0.2) is 41.8 Å². The van der Waals surface area contributed by atoms with E-state index in [1.807, 2.05) is 18.2 Å². The van der Waals surface area contributed by atoms with Crippen molar-refractivity contribution in [3.8, 4) is 5.75 Å². The molecule has 2 aromatic rings. The topological polar surface area (TPSA) is 32.3 Å². The molecule has 1 aromatic carbocycles. The van der Waals surface area contributed by atoms with Crippen molar-refractivity contribution in [2.45, 2.75) is 19.5 Å². The van der Waals surface area contributed by atoms with Crippen molar-refractivity contribution in [1.29, 1.82) is 0 Å². The molecule has 0 aliphatic rings. The summed E-state index contributed by atoms with van der Waals surface area (Å²) >= 11 is 1.75. The molecule has 0 saturated heterocycles. The first-order chi connectivity index (χ1) is 7.77. The minimum absolute atomic E-state index is 0.319. The molecule has 84 valence electrons. The lowest BCUT2D eigenvalue weighted by Crippen LogP contribution is -2.17. The molecule has 1 aromatic heterocycles. The third kappa shape index (κ3) is 2.62. The SMILES string of the molecule is C[C@@H](NCc1ccccc1O)c1cccs1. The first-order valence-corrected chi connectivity index (χ1v) is 6.19. The van der Waals surface area contributed by atoms with Crippen LogP contribution in [0.3, 0.4) is 0 Å². The fourth-order valence-corrected chi connectivity index (χ4v) is 2.32. The molecule has 1 heterocycles. The van der Waals surface area contributed by atoms with Gasteiger partial charge in [0.15, 0.2) is 0 Å². The number of hydrogen-bond donors (Lipinski definition) is 2. The predicted octanol–water partition coefficient (Wildman–Crippen LogP) is 3.30. The summed E-state index contributed by atoms with van der Waals surface area (Å²) in [6, 6.07) is 11.9. The van der Waals surface area contributed by atoms with E-state index in [1.165, 1.54) is 4.88 Å². The molecule has 0 aliphatic heterocycles. The van der Waals surface area contributed by atoms with Crippen LogP contribution in [0.4, 0.5) is 0 Å². The van der Waals surface area contributed by atoms with Crippen LogP contribution in [0.5, 0.6) is 5.75 Å². The van der Waals surface area contributed by atoms with Crippen molar-refractivity contribution in [2.75, 3.05) is 0 Å². The number of thiophene rings is 1. The van der Waals surface area contributed by atoms with Crippen molar-refractivity contribution in [3.63, 3.8) is 0 Å². The molecule has 0 amide bonds. The van der Waals surface area contributed by atoms with Crippen LogP contribution < -0.4 is 5.32 Å². The van der Waals surface area contributed by atoms with Gasteiger partial charge < -0.3 is 10.4 Å². The van der Waals surface area contributed by atoms with E-state index in [9.17, 15) is 5.11 Å². The van der Waals surface area contributed by atoms with Crippen LogP contribution in [0, 0.1) is 0 Å². The highest BCUT2D eigenvalue weighted by Gasteiger charge is 2.06. The van der Waals surface area contributed by atoms with E-state index in [2.05, 4.69) is 29.8 Å². The van der Waals surface area contributed by atoms with Crippen molar-refractivity contribution in [1.82, 2.24) is 5.32 Å². The largest absolute Gasteiger partial charge is 0.508 e. The van der Waals surface area contributed by atoms with Gasteiger partial charge in [-0.05, 0) is 24.4 Å². The highest BCUT2D eigenvalue weighted by Crippen LogP contribution is 2.20. The number of phenols is 1. The Bertz CT molecular complexity index is 439. The summed E-state index contributed by atoms with van der Waals surface area (Å²) < 4.78 is 0. The van der Waals surface area contributed by atoms with Gasteiger partial charge in [0.1, 0.15) is 5.75 Å². The van der Waals surface area contributed by atoms with Gasteiger partial charge in [-0.2, -0.15) is 0 Å². The van der Waals surface area contributed by atoms with Crippen molar-refractivity contribution in [3.05, 3.63) is 52.2 Å². The van der Waals surface area contributed by atoms with E-state index in [0.29, 0.717) is 18.3 Å². The smallest absolute Gasteiger partial charge is 0.120 e. The van der Waals surface area contributed by atoms with Gasteiger partial charge in [-0.1, -0.05) is 24.3 Å². The Morgan fingerprint density at radius 3 is 2.75 bits per heavy atom. The zero-order valence-corrected chi connectivity index (χ0v) is 10.00. The fraction of sp³-hybridized carbons (Fsp3) is 0.231. The molecule has 0 saturated carbocycles. The van der Waals surface area contributed by atoms with Gasteiger partial charge in [0.25, 0.3) is 0 Å². The quantitative estimate of drug-likeness (QED) is 0.849. The summed E-state index contributed by atoms with van der Waals surface area (Å²) in [7, 11) is 0. The van der Waals surface area contributed by atoms with E-state index >= 15 is 0 Å². The summed E-state index contributed by atoms with van der Waals surface area (Å²) in [5.74, 6) is 0.355. The fourth-order valence-electron chi connectivity index (χ4n) is 1.56. The molecule has 3 heteroatoms. The molecular formula is C13H15NOS. The average molecular weight is 233 g/mol. The van der Waals surface area contributed by atoms with Crippen LogP contribution in [-0.2, 0) is 6.54 Å². The Balaban J connectivity index is 1.95. The molecule has 0 bridgehead atoms. The first-order valence-electron chi connectivity index (χ1n) is 5.31. The Kier molecular flexibility index (Phi) is 3.59. The summed E-state index contributed by atoms with van der Waals surface area (Å²) in [4.78, 5) is 1.32. The molecule has 0 radical (unpaired) electrons. The van der Waals surface area contributed by atoms with E-state index in [0.717, 1.165) is 5.56 Å².